The molecule has 0 fully saturated rings. The molecule has 1 heterocycles. The van der Waals surface area contributed by atoms with Crippen molar-refractivity contribution < 1.29 is 9.90 Å². The summed E-state index contributed by atoms with van der Waals surface area (Å²) in [5.41, 5.74) is 2.01. The summed E-state index contributed by atoms with van der Waals surface area (Å²) >= 11 is 5.88. The molecule has 0 saturated carbocycles. The van der Waals surface area contributed by atoms with Crippen molar-refractivity contribution >= 4 is 28.4 Å². The first kappa shape index (κ1) is 20.7. The number of nitrogens with one attached hydrogen (secondary N) is 1. The fraction of sp³-hybridized carbons (Fsp3) is 0.217. The summed E-state index contributed by atoms with van der Waals surface area (Å²) in [7, 11) is 0. The van der Waals surface area contributed by atoms with Gasteiger partial charge in [-0.15, -0.1) is 0 Å². The van der Waals surface area contributed by atoms with Gasteiger partial charge in [-0.3, -0.25) is 9.59 Å². The third-order valence-electron chi connectivity index (χ3n) is 4.47. The molecule has 1 amide bonds. The number of hydrogen-bond acceptors (Lipinski definition) is 3. The van der Waals surface area contributed by atoms with Gasteiger partial charge in [-0.05, 0) is 42.3 Å². The van der Waals surface area contributed by atoms with Crippen molar-refractivity contribution in [2.45, 2.75) is 26.4 Å². The van der Waals surface area contributed by atoms with Gasteiger partial charge in [0, 0.05) is 35.3 Å². The number of halogens is 1. The van der Waals surface area contributed by atoms with Gasteiger partial charge in [-0.1, -0.05) is 42.5 Å². The highest BCUT2D eigenvalue weighted by molar-refractivity contribution is 6.30. The molecule has 0 bridgehead atoms. The molecule has 0 radical (unpaired) electrons. The number of aliphatic hydroxyl groups excluding tert-OH is 1. The Morgan fingerprint density at radius 3 is 2.66 bits per heavy atom. The smallest absolute Gasteiger partial charge is 0.257 e. The maximum Gasteiger partial charge on any atom is 0.257 e. The molecule has 0 aliphatic carbocycles. The van der Waals surface area contributed by atoms with Crippen LogP contribution in [0.1, 0.15) is 34.8 Å². The van der Waals surface area contributed by atoms with Crippen LogP contribution >= 0.6 is 11.6 Å². The van der Waals surface area contributed by atoms with Crippen LogP contribution in [0.3, 0.4) is 0 Å². The molecule has 0 aliphatic rings. The fourth-order valence-electron chi connectivity index (χ4n) is 3.08. The predicted molar refractivity (Wildman–Crippen MR) is 115 cm³/mol. The van der Waals surface area contributed by atoms with E-state index in [1.54, 1.807) is 30.5 Å². The molecule has 6 heteroatoms. The second-order valence-electron chi connectivity index (χ2n) is 6.57. The number of benzene rings is 2. The van der Waals surface area contributed by atoms with Gasteiger partial charge in [0.25, 0.3) is 5.91 Å². The molecule has 1 aromatic heterocycles. The van der Waals surface area contributed by atoms with Gasteiger partial charge in [0.1, 0.15) is 12.2 Å². The Morgan fingerprint density at radius 1 is 1.21 bits per heavy atom. The van der Waals surface area contributed by atoms with E-state index in [1.807, 2.05) is 29.7 Å². The van der Waals surface area contributed by atoms with Crippen LogP contribution < -0.4 is 10.7 Å². The third-order valence-corrected chi connectivity index (χ3v) is 4.72. The number of aliphatic hydroxyl groups is 1. The third kappa shape index (κ3) is 4.86. The van der Waals surface area contributed by atoms with Crippen LogP contribution in [0, 0.1) is 11.8 Å². The molecule has 3 rings (SSSR count). The van der Waals surface area contributed by atoms with Crippen molar-refractivity contribution in [1.82, 2.24) is 9.88 Å². The summed E-state index contributed by atoms with van der Waals surface area (Å²) in [6.45, 7) is 2.75. The van der Waals surface area contributed by atoms with Crippen LogP contribution in [0.4, 0.5) is 0 Å². The lowest BCUT2D eigenvalue weighted by atomic mass is 10.1. The first-order chi connectivity index (χ1) is 14.0. The summed E-state index contributed by atoms with van der Waals surface area (Å²) in [4.78, 5) is 25.8. The molecule has 0 atom stereocenters. The van der Waals surface area contributed by atoms with E-state index in [9.17, 15) is 9.59 Å². The number of fused-ring (bicyclic) bond motifs is 1. The van der Waals surface area contributed by atoms with E-state index in [4.69, 9.17) is 16.7 Å². The lowest BCUT2D eigenvalue weighted by Gasteiger charge is -2.13. The molecule has 2 aromatic carbocycles. The van der Waals surface area contributed by atoms with Gasteiger partial charge >= 0.3 is 0 Å². The Hall–Kier alpha value is -3.07. The summed E-state index contributed by atoms with van der Waals surface area (Å²) in [6.07, 6.45) is 2.47. The van der Waals surface area contributed by atoms with E-state index < -0.39 is 5.91 Å². The van der Waals surface area contributed by atoms with Crippen LogP contribution in [-0.2, 0) is 13.1 Å². The Balaban J connectivity index is 1.98. The van der Waals surface area contributed by atoms with Crippen molar-refractivity contribution in [3.05, 3.63) is 80.6 Å². The minimum Gasteiger partial charge on any atom is -0.384 e. The van der Waals surface area contributed by atoms with Crippen molar-refractivity contribution in [3.8, 4) is 11.8 Å². The topological polar surface area (TPSA) is 71.3 Å². The van der Waals surface area contributed by atoms with Gasteiger partial charge < -0.3 is 15.0 Å². The zero-order valence-corrected chi connectivity index (χ0v) is 16.8. The Kier molecular flexibility index (Phi) is 6.71. The molecule has 148 valence electrons. The number of aryl methyl sites for hydroxylation is 1. The summed E-state index contributed by atoms with van der Waals surface area (Å²) < 4.78 is 1.91. The zero-order chi connectivity index (χ0) is 20.8. The first-order valence-corrected chi connectivity index (χ1v) is 9.71. The highest BCUT2D eigenvalue weighted by Crippen LogP contribution is 2.15. The Morgan fingerprint density at radius 2 is 1.97 bits per heavy atom. The number of rotatable bonds is 5. The Bertz CT molecular complexity index is 1150. The average molecular weight is 409 g/mol. The molecule has 0 saturated heterocycles. The van der Waals surface area contributed by atoms with Gasteiger partial charge in [0.05, 0.1) is 5.52 Å². The van der Waals surface area contributed by atoms with Crippen LogP contribution in [-0.4, -0.2) is 22.2 Å². The molecular formula is C23H21ClN2O3. The number of hydrogen-bond donors (Lipinski definition) is 2. The maximum atomic E-state index is 13.0. The molecule has 0 spiro atoms. The average Bonchev–Trinajstić information content (AvgIpc) is 2.73. The number of amides is 1. The molecular weight excluding hydrogens is 388 g/mol. The van der Waals surface area contributed by atoms with Gasteiger partial charge in [0.2, 0.25) is 5.43 Å². The normalized spacial score (nSPS) is 10.4. The number of carbonyl (C=O) groups is 1. The second kappa shape index (κ2) is 9.42. The van der Waals surface area contributed by atoms with E-state index in [0.717, 1.165) is 17.5 Å². The summed E-state index contributed by atoms with van der Waals surface area (Å²) in [5.74, 6) is 4.95. The minimum absolute atomic E-state index is 0.0900. The summed E-state index contributed by atoms with van der Waals surface area (Å²) in [6, 6.07) is 12.4. The standard InChI is InChI=1S/C23H21ClN2O3/c1-2-11-26-15-20(23(29)25-14-17-5-8-18(24)9-6-17)22(28)19-13-16(4-3-12-27)7-10-21(19)26/h5-10,13,15,27H,2,11-12,14H2,1H3,(H,25,29). The number of aromatic nitrogens is 1. The predicted octanol–water partition coefficient (Wildman–Crippen LogP) is 3.34. The number of carbonyl (C=O) groups excluding carboxylic acids is 1. The van der Waals surface area contributed by atoms with Crippen LogP contribution in [0.15, 0.2) is 53.5 Å². The molecule has 3 aromatic rings. The lowest BCUT2D eigenvalue weighted by molar-refractivity contribution is 0.0949. The highest BCUT2D eigenvalue weighted by atomic mass is 35.5. The molecule has 5 nitrogen and oxygen atoms in total. The van der Waals surface area contributed by atoms with Gasteiger partial charge in [0.15, 0.2) is 0 Å². The van der Waals surface area contributed by atoms with E-state index in [-0.39, 0.29) is 17.6 Å². The molecule has 0 unspecified atom stereocenters. The largest absolute Gasteiger partial charge is 0.384 e. The van der Waals surface area contributed by atoms with Crippen LogP contribution in [0.5, 0.6) is 0 Å². The van der Waals surface area contributed by atoms with E-state index in [1.165, 1.54) is 0 Å². The van der Waals surface area contributed by atoms with E-state index >= 15 is 0 Å². The Labute approximate surface area is 173 Å². The number of pyridine rings is 1. The summed E-state index contributed by atoms with van der Waals surface area (Å²) in [5, 5.41) is 12.8. The van der Waals surface area contributed by atoms with Crippen molar-refractivity contribution in [1.29, 1.82) is 0 Å². The van der Waals surface area contributed by atoms with Crippen LogP contribution in [0.25, 0.3) is 10.9 Å². The minimum atomic E-state index is -0.427. The fourth-order valence-corrected chi connectivity index (χ4v) is 3.21. The van der Waals surface area contributed by atoms with E-state index in [0.29, 0.717) is 29.1 Å². The van der Waals surface area contributed by atoms with Crippen molar-refractivity contribution in [3.63, 3.8) is 0 Å². The second-order valence-corrected chi connectivity index (χ2v) is 7.00. The van der Waals surface area contributed by atoms with E-state index in [2.05, 4.69) is 17.2 Å². The maximum absolute atomic E-state index is 13.0. The van der Waals surface area contributed by atoms with Crippen LogP contribution in [0.2, 0.25) is 5.02 Å². The first-order valence-electron chi connectivity index (χ1n) is 9.33. The highest BCUT2D eigenvalue weighted by Gasteiger charge is 2.15. The van der Waals surface area contributed by atoms with Gasteiger partial charge in [-0.2, -0.15) is 0 Å². The quantitative estimate of drug-likeness (QED) is 0.636. The zero-order valence-electron chi connectivity index (χ0n) is 16.0. The van der Waals surface area contributed by atoms with Crippen molar-refractivity contribution in [2.24, 2.45) is 0 Å². The molecule has 2 N–H and O–H groups in total. The lowest BCUT2D eigenvalue weighted by Crippen LogP contribution is -2.29. The monoisotopic (exact) mass is 408 g/mol. The molecule has 0 aliphatic heterocycles. The number of nitrogens with zero attached hydrogens (tertiary/aromatic N) is 1. The molecule has 29 heavy (non-hydrogen) atoms. The van der Waals surface area contributed by atoms with Gasteiger partial charge in [-0.25, -0.2) is 0 Å². The van der Waals surface area contributed by atoms with Crippen molar-refractivity contribution in [2.75, 3.05) is 6.61 Å². The SMILES string of the molecule is CCCn1cc(C(=O)NCc2ccc(Cl)cc2)c(=O)c2cc(C#CCO)ccc21.